The predicted octanol–water partition coefficient (Wildman–Crippen LogP) is 2.24. The molecule has 0 aromatic heterocycles. The van der Waals surface area contributed by atoms with Gasteiger partial charge < -0.3 is 19.7 Å². The quantitative estimate of drug-likeness (QED) is 0.888. The molecular formula is C17H20N2O4S. The van der Waals surface area contributed by atoms with Gasteiger partial charge in [0.25, 0.3) is 0 Å². The molecule has 2 atom stereocenters. The van der Waals surface area contributed by atoms with Crippen molar-refractivity contribution in [3.63, 3.8) is 0 Å². The normalized spacial score (nSPS) is 28.5. The molecule has 3 heterocycles. The van der Waals surface area contributed by atoms with E-state index in [1.807, 2.05) is 13.0 Å². The maximum atomic E-state index is 12.7. The minimum atomic E-state index is -0.411. The SMILES string of the molecule is C[C@]12CCC(=O)N1[C@@H](C(=O)Nc1ccc3c(c1)OCCCO3)CS2. The highest BCUT2D eigenvalue weighted by molar-refractivity contribution is 8.01. The molecule has 1 aromatic carbocycles. The van der Waals surface area contributed by atoms with E-state index in [1.165, 1.54) is 0 Å². The van der Waals surface area contributed by atoms with E-state index in [0.29, 0.717) is 42.6 Å². The van der Waals surface area contributed by atoms with Crippen LogP contribution >= 0.6 is 11.8 Å². The average Bonchev–Trinajstić information content (AvgIpc) is 2.93. The fourth-order valence-corrected chi connectivity index (χ4v) is 4.91. The number of carbonyl (C=O) groups is 2. The minimum Gasteiger partial charge on any atom is -0.490 e. The van der Waals surface area contributed by atoms with E-state index < -0.39 is 6.04 Å². The van der Waals surface area contributed by atoms with Gasteiger partial charge in [-0.1, -0.05) is 0 Å². The van der Waals surface area contributed by atoms with Gasteiger partial charge in [0, 0.05) is 30.3 Å². The van der Waals surface area contributed by atoms with Gasteiger partial charge in [-0.15, -0.1) is 11.8 Å². The number of benzene rings is 1. The van der Waals surface area contributed by atoms with Crippen molar-refractivity contribution < 1.29 is 19.1 Å². The van der Waals surface area contributed by atoms with Crippen LogP contribution in [0.3, 0.4) is 0 Å². The molecule has 24 heavy (non-hydrogen) atoms. The summed E-state index contributed by atoms with van der Waals surface area (Å²) in [4.78, 5) is 26.4. The molecule has 0 aliphatic carbocycles. The zero-order chi connectivity index (χ0) is 16.7. The highest BCUT2D eigenvalue weighted by Gasteiger charge is 2.52. The Morgan fingerprint density at radius 2 is 2.12 bits per heavy atom. The lowest BCUT2D eigenvalue weighted by Crippen LogP contribution is -2.48. The molecule has 2 fully saturated rings. The van der Waals surface area contributed by atoms with E-state index in [-0.39, 0.29) is 16.7 Å². The second-order valence-corrected chi connectivity index (χ2v) is 7.97. The standard InChI is InChI=1S/C17H20N2O4S/c1-17-6-5-15(20)19(17)12(10-24-17)16(21)18-11-3-4-13-14(9-11)23-8-2-7-22-13/h3-4,9,12H,2,5-8,10H2,1H3,(H,18,21)/t12-,17+/m1/s1. The lowest BCUT2D eigenvalue weighted by molar-refractivity contribution is -0.135. The number of carbonyl (C=O) groups excluding carboxylic acids is 2. The maximum Gasteiger partial charge on any atom is 0.248 e. The molecule has 7 heteroatoms. The summed E-state index contributed by atoms with van der Waals surface area (Å²) in [6.07, 6.45) is 2.17. The fourth-order valence-electron chi connectivity index (χ4n) is 3.48. The van der Waals surface area contributed by atoms with Crippen molar-refractivity contribution in [2.75, 3.05) is 24.3 Å². The second-order valence-electron chi connectivity index (χ2n) is 6.47. The van der Waals surface area contributed by atoms with E-state index in [1.54, 1.807) is 28.8 Å². The largest absolute Gasteiger partial charge is 0.490 e. The predicted molar refractivity (Wildman–Crippen MR) is 91.4 cm³/mol. The lowest BCUT2D eigenvalue weighted by atomic mass is 10.2. The molecule has 0 bridgehead atoms. The highest BCUT2D eigenvalue weighted by atomic mass is 32.2. The van der Waals surface area contributed by atoms with Gasteiger partial charge in [0.05, 0.1) is 18.1 Å². The number of rotatable bonds is 2. The monoisotopic (exact) mass is 348 g/mol. The molecule has 4 rings (SSSR count). The van der Waals surface area contributed by atoms with Gasteiger partial charge in [-0.05, 0) is 25.5 Å². The molecule has 6 nitrogen and oxygen atoms in total. The van der Waals surface area contributed by atoms with E-state index >= 15 is 0 Å². The van der Waals surface area contributed by atoms with Gasteiger partial charge in [0.2, 0.25) is 11.8 Å². The second kappa shape index (κ2) is 5.88. The van der Waals surface area contributed by atoms with E-state index in [9.17, 15) is 9.59 Å². The molecule has 128 valence electrons. The smallest absolute Gasteiger partial charge is 0.248 e. The number of fused-ring (bicyclic) bond motifs is 2. The molecule has 2 amide bonds. The minimum absolute atomic E-state index is 0.0707. The topological polar surface area (TPSA) is 67.9 Å². The molecule has 3 aliphatic heterocycles. The number of nitrogens with one attached hydrogen (secondary N) is 1. The Balaban J connectivity index is 1.50. The van der Waals surface area contributed by atoms with Gasteiger partial charge in [-0.25, -0.2) is 0 Å². The van der Waals surface area contributed by atoms with Crippen LogP contribution in [0.2, 0.25) is 0 Å². The summed E-state index contributed by atoms with van der Waals surface area (Å²) in [6, 6.07) is 4.99. The van der Waals surface area contributed by atoms with Crippen LogP contribution < -0.4 is 14.8 Å². The summed E-state index contributed by atoms with van der Waals surface area (Å²) in [7, 11) is 0. The summed E-state index contributed by atoms with van der Waals surface area (Å²) in [5, 5.41) is 2.92. The van der Waals surface area contributed by atoms with Crippen LogP contribution in [-0.2, 0) is 9.59 Å². The molecule has 2 saturated heterocycles. The van der Waals surface area contributed by atoms with Crippen LogP contribution in [0, 0.1) is 0 Å². The summed E-state index contributed by atoms with van der Waals surface area (Å²) in [6.45, 7) is 3.28. The third kappa shape index (κ3) is 2.60. The first-order valence-corrected chi connectivity index (χ1v) is 9.22. The van der Waals surface area contributed by atoms with Gasteiger partial charge in [-0.3, -0.25) is 9.59 Å². The zero-order valence-corrected chi connectivity index (χ0v) is 14.4. The first kappa shape index (κ1) is 15.6. The molecule has 3 aliphatic rings. The van der Waals surface area contributed by atoms with Crippen molar-refractivity contribution in [3.05, 3.63) is 18.2 Å². The van der Waals surface area contributed by atoms with E-state index in [4.69, 9.17) is 9.47 Å². The summed E-state index contributed by atoms with van der Waals surface area (Å²) in [5.41, 5.74) is 0.662. The Bertz CT molecular complexity index is 695. The Hall–Kier alpha value is -1.89. The van der Waals surface area contributed by atoms with Crippen LogP contribution in [0.15, 0.2) is 18.2 Å². The number of nitrogens with zero attached hydrogens (tertiary/aromatic N) is 1. The van der Waals surface area contributed by atoms with Crippen molar-refractivity contribution in [2.45, 2.75) is 37.1 Å². The Labute approximate surface area is 144 Å². The molecule has 0 saturated carbocycles. The van der Waals surface area contributed by atoms with Gasteiger partial charge in [0.15, 0.2) is 11.5 Å². The van der Waals surface area contributed by atoms with Crippen molar-refractivity contribution >= 4 is 29.3 Å². The zero-order valence-electron chi connectivity index (χ0n) is 13.5. The fraction of sp³-hybridized carbons (Fsp3) is 0.529. The molecule has 0 radical (unpaired) electrons. The number of hydrogen-bond acceptors (Lipinski definition) is 5. The third-order valence-corrected chi connectivity index (χ3v) is 6.27. The van der Waals surface area contributed by atoms with Crippen LogP contribution in [-0.4, -0.2) is 46.6 Å². The van der Waals surface area contributed by atoms with Crippen molar-refractivity contribution in [1.29, 1.82) is 0 Å². The van der Waals surface area contributed by atoms with Gasteiger partial charge >= 0.3 is 0 Å². The van der Waals surface area contributed by atoms with E-state index in [2.05, 4.69) is 5.32 Å². The number of thioether (sulfide) groups is 1. The Morgan fingerprint density at radius 3 is 2.96 bits per heavy atom. The van der Waals surface area contributed by atoms with Crippen molar-refractivity contribution in [3.8, 4) is 11.5 Å². The average molecular weight is 348 g/mol. The highest BCUT2D eigenvalue weighted by Crippen LogP contribution is 2.47. The summed E-state index contributed by atoms with van der Waals surface area (Å²) >= 11 is 1.69. The Morgan fingerprint density at radius 1 is 1.33 bits per heavy atom. The van der Waals surface area contributed by atoms with Crippen LogP contribution in [0.1, 0.15) is 26.2 Å². The molecule has 1 N–H and O–H groups in total. The summed E-state index contributed by atoms with van der Waals surface area (Å²) < 4.78 is 11.3. The van der Waals surface area contributed by atoms with Crippen molar-refractivity contribution in [2.24, 2.45) is 0 Å². The molecular weight excluding hydrogens is 328 g/mol. The number of ether oxygens (including phenoxy) is 2. The van der Waals surface area contributed by atoms with Crippen molar-refractivity contribution in [1.82, 2.24) is 4.90 Å². The van der Waals surface area contributed by atoms with E-state index in [0.717, 1.165) is 12.8 Å². The number of anilines is 1. The van der Waals surface area contributed by atoms with Crippen LogP contribution in [0.5, 0.6) is 11.5 Å². The first-order chi connectivity index (χ1) is 11.6. The molecule has 0 unspecified atom stereocenters. The summed E-state index contributed by atoms with van der Waals surface area (Å²) in [5.74, 6) is 1.91. The number of amides is 2. The first-order valence-electron chi connectivity index (χ1n) is 8.23. The number of hydrogen-bond donors (Lipinski definition) is 1. The van der Waals surface area contributed by atoms with Crippen LogP contribution in [0.4, 0.5) is 5.69 Å². The molecule has 1 aromatic rings. The van der Waals surface area contributed by atoms with Gasteiger partial charge in [0.1, 0.15) is 6.04 Å². The third-order valence-electron chi connectivity index (χ3n) is 4.76. The van der Waals surface area contributed by atoms with Gasteiger partial charge in [-0.2, -0.15) is 0 Å². The van der Waals surface area contributed by atoms with Crippen LogP contribution in [0.25, 0.3) is 0 Å². The Kier molecular flexibility index (Phi) is 3.83. The molecule has 0 spiro atoms. The maximum absolute atomic E-state index is 12.7. The lowest BCUT2D eigenvalue weighted by Gasteiger charge is -2.29.